The van der Waals surface area contributed by atoms with Crippen LogP contribution in [0.15, 0.2) is 36.5 Å². The molecule has 0 aliphatic carbocycles. The molecule has 0 saturated carbocycles. The average molecular weight is 307 g/mol. The number of nitrogens with one attached hydrogen (secondary N) is 2. The molecule has 0 aliphatic heterocycles. The van der Waals surface area contributed by atoms with E-state index in [-0.39, 0.29) is 11.4 Å². The first-order chi connectivity index (χ1) is 10.6. The third-order valence-corrected chi connectivity index (χ3v) is 2.82. The summed E-state index contributed by atoms with van der Waals surface area (Å²) in [5.74, 6) is -1.83. The van der Waals surface area contributed by atoms with Crippen LogP contribution in [0.5, 0.6) is 0 Å². The molecule has 0 aliphatic rings. The zero-order valence-electron chi connectivity index (χ0n) is 11.9. The molecule has 1 heterocycles. The van der Waals surface area contributed by atoms with Crippen LogP contribution >= 0.6 is 0 Å². The van der Waals surface area contributed by atoms with Gasteiger partial charge in [-0.3, -0.25) is 9.78 Å². The highest BCUT2D eigenvalue weighted by atomic mass is 19.1. The quantitative estimate of drug-likeness (QED) is 0.805. The number of halogens is 2. The summed E-state index contributed by atoms with van der Waals surface area (Å²) in [6.07, 6.45) is 1.38. The Morgan fingerprint density at radius 3 is 2.68 bits per heavy atom. The van der Waals surface area contributed by atoms with Crippen LogP contribution in [0, 0.1) is 11.6 Å². The van der Waals surface area contributed by atoms with E-state index in [1.807, 2.05) is 0 Å². The van der Waals surface area contributed by atoms with Crippen LogP contribution < -0.4 is 10.6 Å². The van der Waals surface area contributed by atoms with E-state index in [4.69, 9.17) is 4.74 Å². The van der Waals surface area contributed by atoms with Gasteiger partial charge in [0, 0.05) is 25.5 Å². The molecule has 1 aromatic carbocycles. The molecule has 5 nitrogen and oxygen atoms in total. The maximum absolute atomic E-state index is 13.6. The van der Waals surface area contributed by atoms with Gasteiger partial charge in [0.15, 0.2) is 0 Å². The van der Waals surface area contributed by atoms with Gasteiger partial charge in [-0.1, -0.05) is 6.07 Å². The molecule has 1 amide bonds. The van der Waals surface area contributed by atoms with Gasteiger partial charge in [-0.05, 0) is 24.3 Å². The topological polar surface area (TPSA) is 63.2 Å². The van der Waals surface area contributed by atoms with Crippen molar-refractivity contribution in [2.24, 2.45) is 0 Å². The highest BCUT2D eigenvalue weighted by Gasteiger charge is 2.11. The largest absolute Gasteiger partial charge is 0.383 e. The van der Waals surface area contributed by atoms with Gasteiger partial charge >= 0.3 is 0 Å². The second kappa shape index (κ2) is 7.46. The smallest absolute Gasteiger partial charge is 0.270 e. The van der Waals surface area contributed by atoms with Crippen LogP contribution in [0.4, 0.5) is 20.2 Å². The van der Waals surface area contributed by atoms with Gasteiger partial charge in [0.25, 0.3) is 5.91 Å². The first-order valence-electron chi connectivity index (χ1n) is 6.56. The number of ether oxygens (including phenoxy) is 1. The minimum absolute atomic E-state index is 0.137. The number of rotatable bonds is 6. The van der Waals surface area contributed by atoms with Crippen molar-refractivity contribution < 1.29 is 18.3 Å². The van der Waals surface area contributed by atoms with Gasteiger partial charge in [0.2, 0.25) is 0 Å². The van der Waals surface area contributed by atoms with Gasteiger partial charge in [-0.15, -0.1) is 0 Å². The molecule has 0 radical (unpaired) electrons. The Morgan fingerprint density at radius 1 is 1.27 bits per heavy atom. The number of methoxy groups -OCH3 is 1. The van der Waals surface area contributed by atoms with Crippen molar-refractivity contribution in [1.82, 2.24) is 10.3 Å². The van der Waals surface area contributed by atoms with Gasteiger partial charge in [0.1, 0.15) is 23.0 Å². The van der Waals surface area contributed by atoms with E-state index in [0.29, 0.717) is 18.8 Å². The monoisotopic (exact) mass is 307 g/mol. The van der Waals surface area contributed by atoms with Crippen molar-refractivity contribution in [2.45, 2.75) is 0 Å². The van der Waals surface area contributed by atoms with Crippen LogP contribution in [0.2, 0.25) is 0 Å². The number of benzene rings is 1. The summed E-state index contributed by atoms with van der Waals surface area (Å²) in [6.45, 7) is 0.723. The van der Waals surface area contributed by atoms with E-state index < -0.39 is 17.5 Å². The lowest BCUT2D eigenvalue weighted by Crippen LogP contribution is -2.27. The number of anilines is 2. The number of carbonyl (C=O) groups excluding carboxylic acids is 1. The number of carbonyl (C=O) groups is 1. The fourth-order valence-electron chi connectivity index (χ4n) is 1.75. The Morgan fingerprint density at radius 2 is 2.00 bits per heavy atom. The van der Waals surface area contributed by atoms with E-state index in [9.17, 15) is 13.6 Å². The number of aromatic nitrogens is 1. The van der Waals surface area contributed by atoms with E-state index in [0.717, 1.165) is 12.1 Å². The Balaban J connectivity index is 2.13. The molecule has 0 spiro atoms. The molecule has 0 saturated heterocycles. The first kappa shape index (κ1) is 15.8. The second-order valence-corrected chi connectivity index (χ2v) is 4.40. The van der Waals surface area contributed by atoms with Crippen LogP contribution in [-0.2, 0) is 4.74 Å². The average Bonchev–Trinajstić information content (AvgIpc) is 2.51. The number of para-hydroxylation sites is 1. The number of hydrogen-bond acceptors (Lipinski definition) is 4. The normalized spacial score (nSPS) is 10.3. The molecule has 22 heavy (non-hydrogen) atoms. The van der Waals surface area contributed by atoms with Gasteiger partial charge in [-0.25, -0.2) is 8.78 Å². The molecule has 116 valence electrons. The van der Waals surface area contributed by atoms with Crippen molar-refractivity contribution in [1.29, 1.82) is 0 Å². The highest BCUT2D eigenvalue weighted by Crippen LogP contribution is 2.23. The van der Waals surface area contributed by atoms with Crippen molar-refractivity contribution in [3.8, 4) is 0 Å². The Labute approximate surface area is 126 Å². The van der Waals surface area contributed by atoms with Crippen LogP contribution in [0.25, 0.3) is 0 Å². The third-order valence-electron chi connectivity index (χ3n) is 2.82. The molecule has 2 rings (SSSR count). The zero-order valence-corrected chi connectivity index (χ0v) is 11.9. The van der Waals surface area contributed by atoms with E-state index in [2.05, 4.69) is 15.6 Å². The number of hydrogen-bond donors (Lipinski definition) is 2. The van der Waals surface area contributed by atoms with Crippen molar-refractivity contribution >= 4 is 17.3 Å². The summed E-state index contributed by atoms with van der Waals surface area (Å²) in [6, 6.07) is 6.48. The Kier molecular flexibility index (Phi) is 5.37. The minimum atomic E-state index is -0.720. The van der Waals surface area contributed by atoms with Gasteiger partial charge < -0.3 is 15.4 Å². The summed E-state index contributed by atoms with van der Waals surface area (Å²) in [7, 11) is 1.53. The lowest BCUT2D eigenvalue weighted by atomic mass is 10.2. The summed E-state index contributed by atoms with van der Waals surface area (Å²) >= 11 is 0. The van der Waals surface area contributed by atoms with Crippen molar-refractivity contribution in [2.75, 3.05) is 25.6 Å². The Hall–Kier alpha value is -2.54. The number of pyridine rings is 1. The van der Waals surface area contributed by atoms with Gasteiger partial charge in [0.05, 0.1) is 6.61 Å². The molecular weight excluding hydrogens is 292 g/mol. The van der Waals surface area contributed by atoms with Crippen molar-refractivity contribution in [3.05, 3.63) is 53.9 Å². The molecule has 1 aromatic heterocycles. The maximum Gasteiger partial charge on any atom is 0.270 e. The fourth-order valence-corrected chi connectivity index (χ4v) is 1.75. The molecule has 0 bridgehead atoms. The summed E-state index contributed by atoms with van der Waals surface area (Å²) in [4.78, 5) is 15.8. The van der Waals surface area contributed by atoms with Crippen LogP contribution in [0.3, 0.4) is 0 Å². The maximum atomic E-state index is 13.6. The predicted molar refractivity (Wildman–Crippen MR) is 78.1 cm³/mol. The van der Waals surface area contributed by atoms with Gasteiger partial charge in [-0.2, -0.15) is 0 Å². The summed E-state index contributed by atoms with van der Waals surface area (Å²) in [5.41, 5.74) is 0.216. The highest BCUT2D eigenvalue weighted by molar-refractivity contribution is 5.93. The fraction of sp³-hybridized carbons (Fsp3) is 0.200. The predicted octanol–water partition coefficient (Wildman–Crippen LogP) is 2.48. The number of amides is 1. The molecule has 2 N–H and O–H groups in total. The Bertz CT molecular complexity index is 645. The molecule has 0 fully saturated rings. The molecule has 0 atom stereocenters. The molecule has 7 heteroatoms. The standard InChI is InChI=1S/C15H15F2N3O2/c1-22-8-7-19-15(21)13-9-10(5-6-18-13)20-14-11(16)3-2-4-12(14)17/h2-6,9H,7-8H2,1H3,(H,18,20)(H,19,21). The molecular formula is C15H15F2N3O2. The van der Waals surface area contributed by atoms with Crippen LogP contribution in [-0.4, -0.2) is 31.2 Å². The van der Waals surface area contributed by atoms with E-state index >= 15 is 0 Å². The number of nitrogens with zero attached hydrogens (tertiary/aromatic N) is 1. The molecule has 0 unspecified atom stereocenters. The van der Waals surface area contributed by atoms with Crippen LogP contribution in [0.1, 0.15) is 10.5 Å². The minimum Gasteiger partial charge on any atom is -0.383 e. The van der Waals surface area contributed by atoms with E-state index in [1.165, 1.54) is 31.5 Å². The molecule has 2 aromatic rings. The first-order valence-corrected chi connectivity index (χ1v) is 6.56. The zero-order chi connectivity index (χ0) is 15.9. The van der Waals surface area contributed by atoms with Crippen molar-refractivity contribution in [3.63, 3.8) is 0 Å². The second-order valence-electron chi connectivity index (χ2n) is 4.40. The summed E-state index contributed by atoms with van der Waals surface area (Å²) < 4.78 is 32.0. The summed E-state index contributed by atoms with van der Waals surface area (Å²) in [5, 5.41) is 5.22. The third kappa shape index (κ3) is 3.98. The lowest BCUT2D eigenvalue weighted by molar-refractivity contribution is 0.0932. The lowest BCUT2D eigenvalue weighted by Gasteiger charge is -2.10. The SMILES string of the molecule is COCCNC(=O)c1cc(Nc2c(F)cccc2F)ccn1. The van der Waals surface area contributed by atoms with E-state index in [1.54, 1.807) is 0 Å².